The van der Waals surface area contributed by atoms with E-state index in [1.165, 1.54) is 4.80 Å². The molecule has 18 heavy (non-hydrogen) atoms. The Morgan fingerprint density at radius 3 is 2.94 bits per heavy atom. The van der Waals surface area contributed by atoms with Gasteiger partial charge in [0.05, 0.1) is 7.05 Å². The van der Waals surface area contributed by atoms with Gasteiger partial charge in [-0.1, -0.05) is 13.0 Å². The van der Waals surface area contributed by atoms with Crippen molar-refractivity contribution >= 4 is 0 Å². The number of nitrogens with one attached hydrogen (secondary N) is 1. The van der Waals surface area contributed by atoms with Gasteiger partial charge in [0.15, 0.2) is 5.82 Å². The number of hydrogen-bond acceptors (Lipinski definition) is 5. The number of aromatic nitrogens is 5. The Morgan fingerprint density at radius 2 is 2.33 bits per heavy atom. The van der Waals surface area contributed by atoms with Gasteiger partial charge in [0.2, 0.25) is 0 Å². The van der Waals surface area contributed by atoms with Crippen LogP contribution in [0, 0.1) is 0 Å². The van der Waals surface area contributed by atoms with Crippen molar-refractivity contribution in [3.05, 3.63) is 35.9 Å². The Labute approximate surface area is 106 Å². The third-order valence-corrected chi connectivity index (χ3v) is 2.66. The van der Waals surface area contributed by atoms with Crippen molar-refractivity contribution in [1.82, 2.24) is 30.5 Å². The molecule has 0 spiro atoms. The fourth-order valence-corrected chi connectivity index (χ4v) is 1.80. The van der Waals surface area contributed by atoms with Gasteiger partial charge >= 0.3 is 0 Å². The van der Waals surface area contributed by atoms with Crippen LogP contribution in [0.15, 0.2) is 24.5 Å². The first-order chi connectivity index (χ1) is 8.79. The van der Waals surface area contributed by atoms with Gasteiger partial charge in [0, 0.05) is 24.9 Å². The summed E-state index contributed by atoms with van der Waals surface area (Å²) in [4.78, 5) is 5.64. The molecular formula is C12H18N6. The molecule has 0 fully saturated rings. The molecule has 2 aromatic rings. The number of tetrazole rings is 1. The molecule has 0 saturated heterocycles. The van der Waals surface area contributed by atoms with Crippen molar-refractivity contribution in [1.29, 1.82) is 0 Å². The average molecular weight is 246 g/mol. The predicted octanol–water partition coefficient (Wildman–Crippen LogP) is 0.888. The molecule has 0 aromatic carbocycles. The molecule has 0 amide bonds. The first-order valence-electron chi connectivity index (χ1n) is 6.15. The standard InChI is InChI=1S/C12H18N6/c1-3-6-14-11(10-5-4-7-13-9-10)8-12-15-17-18(2)16-12/h4-5,7,9,11,14H,3,6,8H2,1-2H3. The fraction of sp³-hybridized carbons (Fsp3) is 0.500. The molecule has 0 radical (unpaired) electrons. The van der Waals surface area contributed by atoms with Crippen LogP contribution in [0.1, 0.15) is 30.8 Å². The van der Waals surface area contributed by atoms with Crippen molar-refractivity contribution in [3.63, 3.8) is 0 Å². The van der Waals surface area contributed by atoms with Crippen molar-refractivity contribution < 1.29 is 0 Å². The zero-order valence-electron chi connectivity index (χ0n) is 10.7. The second-order valence-electron chi connectivity index (χ2n) is 4.19. The largest absolute Gasteiger partial charge is 0.310 e. The van der Waals surface area contributed by atoms with Crippen LogP contribution in [0.5, 0.6) is 0 Å². The van der Waals surface area contributed by atoms with Crippen LogP contribution >= 0.6 is 0 Å². The molecule has 2 aromatic heterocycles. The van der Waals surface area contributed by atoms with Gasteiger partial charge in [-0.15, -0.1) is 10.2 Å². The molecule has 2 rings (SSSR count). The highest BCUT2D eigenvalue weighted by atomic mass is 15.6. The van der Waals surface area contributed by atoms with Crippen molar-refractivity contribution in [2.24, 2.45) is 7.05 Å². The smallest absolute Gasteiger partial charge is 0.176 e. The summed E-state index contributed by atoms with van der Waals surface area (Å²) in [5.41, 5.74) is 1.15. The van der Waals surface area contributed by atoms with Crippen molar-refractivity contribution in [3.8, 4) is 0 Å². The maximum atomic E-state index is 4.22. The zero-order chi connectivity index (χ0) is 12.8. The predicted molar refractivity (Wildman–Crippen MR) is 67.8 cm³/mol. The van der Waals surface area contributed by atoms with Gasteiger partial charge in [-0.25, -0.2) is 0 Å². The molecular weight excluding hydrogens is 228 g/mol. The molecule has 1 unspecified atom stereocenters. The molecule has 0 aliphatic rings. The van der Waals surface area contributed by atoms with E-state index in [1.807, 2.05) is 12.3 Å². The Bertz CT molecular complexity index is 466. The van der Waals surface area contributed by atoms with Crippen LogP contribution in [0.2, 0.25) is 0 Å². The third-order valence-electron chi connectivity index (χ3n) is 2.66. The molecule has 0 bridgehead atoms. The fourth-order valence-electron chi connectivity index (χ4n) is 1.80. The van der Waals surface area contributed by atoms with Crippen molar-refractivity contribution in [2.75, 3.05) is 6.54 Å². The lowest BCUT2D eigenvalue weighted by atomic mass is 10.1. The molecule has 96 valence electrons. The minimum Gasteiger partial charge on any atom is -0.310 e. The molecule has 1 atom stereocenters. The number of rotatable bonds is 6. The molecule has 6 heteroatoms. The van der Waals surface area contributed by atoms with Crippen LogP contribution < -0.4 is 5.32 Å². The Kier molecular flexibility index (Phi) is 4.35. The van der Waals surface area contributed by atoms with Crippen LogP contribution in [0.25, 0.3) is 0 Å². The van der Waals surface area contributed by atoms with Crippen LogP contribution in [0.4, 0.5) is 0 Å². The van der Waals surface area contributed by atoms with Crippen LogP contribution in [-0.4, -0.2) is 31.7 Å². The third kappa shape index (κ3) is 3.33. The molecule has 0 saturated carbocycles. The van der Waals surface area contributed by atoms with Crippen LogP contribution in [-0.2, 0) is 13.5 Å². The monoisotopic (exact) mass is 246 g/mol. The van der Waals surface area contributed by atoms with E-state index in [4.69, 9.17) is 0 Å². The number of hydrogen-bond donors (Lipinski definition) is 1. The lowest BCUT2D eigenvalue weighted by Gasteiger charge is -2.16. The van der Waals surface area contributed by atoms with Gasteiger partial charge in [-0.3, -0.25) is 4.98 Å². The highest BCUT2D eigenvalue weighted by Gasteiger charge is 2.14. The molecule has 0 aliphatic heterocycles. The summed E-state index contributed by atoms with van der Waals surface area (Å²) in [5, 5.41) is 15.6. The summed E-state index contributed by atoms with van der Waals surface area (Å²) in [5.74, 6) is 0.745. The minimum absolute atomic E-state index is 0.183. The number of aryl methyl sites for hydroxylation is 1. The SMILES string of the molecule is CCCNC(Cc1nnn(C)n1)c1cccnc1. The maximum absolute atomic E-state index is 4.22. The van der Waals surface area contributed by atoms with Gasteiger partial charge in [-0.05, 0) is 29.8 Å². The molecule has 1 N–H and O–H groups in total. The lowest BCUT2D eigenvalue weighted by Crippen LogP contribution is -2.24. The van der Waals surface area contributed by atoms with E-state index in [-0.39, 0.29) is 6.04 Å². The summed E-state index contributed by atoms with van der Waals surface area (Å²) in [6.45, 7) is 3.10. The summed E-state index contributed by atoms with van der Waals surface area (Å²) in [7, 11) is 1.77. The average Bonchev–Trinajstić information content (AvgIpc) is 2.81. The Morgan fingerprint density at radius 1 is 1.44 bits per heavy atom. The van der Waals surface area contributed by atoms with Crippen molar-refractivity contribution in [2.45, 2.75) is 25.8 Å². The van der Waals surface area contributed by atoms with E-state index < -0.39 is 0 Å². The normalized spacial score (nSPS) is 12.6. The van der Waals surface area contributed by atoms with Crippen LogP contribution in [0.3, 0.4) is 0 Å². The van der Waals surface area contributed by atoms with E-state index in [9.17, 15) is 0 Å². The molecule has 6 nitrogen and oxygen atoms in total. The summed E-state index contributed by atoms with van der Waals surface area (Å²) >= 11 is 0. The van der Waals surface area contributed by atoms with Gasteiger partial charge in [0.25, 0.3) is 0 Å². The second kappa shape index (κ2) is 6.20. The van der Waals surface area contributed by atoms with E-state index in [0.717, 1.165) is 30.8 Å². The van der Waals surface area contributed by atoms with E-state index >= 15 is 0 Å². The van der Waals surface area contributed by atoms with E-state index in [1.54, 1.807) is 13.2 Å². The molecule has 0 aliphatic carbocycles. The summed E-state index contributed by atoms with van der Waals surface area (Å²) in [6, 6.07) is 4.19. The Balaban J connectivity index is 2.10. The maximum Gasteiger partial charge on any atom is 0.176 e. The highest BCUT2D eigenvalue weighted by molar-refractivity contribution is 5.15. The first kappa shape index (κ1) is 12.6. The zero-order valence-corrected chi connectivity index (χ0v) is 10.7. The number of nitrogens with zero attached hydrogens (tertiary/aromatic N) is 5. The highest BCUT2D eigenvalue weighted by Crippen LogP contribution is 2.15. The lowest BCUT2D eigenvalue weighted by molar-refractivity contribution is 0.515. The first-order valence-corrected chi connectivity index (χ1v) is 6.15. The van der Waals surface area contributed by atoms with Gasteiger partial charge in [-0.2, -0.15) is 4.80 Å². The summed E-state index contributed by atoms with van der Waals surface area (Å²) < 4.78 is 0. The Hall–Kier alpha value is -1.82. The minimum atomic E-state index is 0.183. The number of pyridine rings is 1. The van der Waals surface area contributed by atoms with E-state index in [0.29, 0.717) is 0 Å². The van der Waals surface area contributed by atoms with E-state index in [2.05, 4.69) is 38.7 Å². The second-order valence-corrected chi connectivity index (χ2v) is 4.19. The molecule has 2 heterocycles. The van der Waals surface area contributed by atoms with Gasteiger partial charge < -0.3 is 5.32 Å². The topological polar surface area (TPSA) is 68.5 Å². The quantitative estimate of drug-likeness (QED) is 0.819. The summed E-state index contributed by atoms with van der Waals surface area (Å²) in [6.07, 6.45) is 5.47. The van der Waals surface area contributed by atoms with Gasteiger partial charge in [0.1, 0.15) is 0 Å².